The summed E-state index contributed by atoms with van der Waals surface area (Å²) in [5.41, 5.74) is 6.75. The van der Waals surface area contributed by atoms with Crippen LogP contribution in [0.25, 0.3) is 0 Å². The van der Waals surface area contributed by atoms with Crippen LogP contribution in [0.2, 0.25) is 0 Å². The number of thioether (sulfide) groups is 1. The van der Waals surface area contributed by atoms with E-state index in [0.29, 0.717) is 36.5 Å². The summed E-state index contributed by atoms with van der Waals surface area (Å²) in [6, 6.07) is 4.82. The first kappa shape index (κ1) is 16.6. The maximum atomic E-state index is 14.1. The molecule has 21 heavy (non-hydrogen) atoms. The van der Waals surface area contributed by atoms with Crippen molar-refractivity contribution in [2.75, 3.05) is 35.2 Å². The summed E-state index contributed by atoms with van der Waals surface area (Å²) >= 11 is 1.63. The molecule has 0 radical (unpaired) electrons. The zero-order valence-electron chi connectivity index (χ0n) is 12.1. The molecule has 1 aromatic carbocycles. The molecule has 4 nitrogen and oxygen atoms in total. The van der Waals surface area contributed by atoms with Crippen LogP contribution in [0.15, 0.2) is 18.2 Å². The molecule has 1 heterocycles. The molecule has 1 atom stereocenters. The fourth-order valence-electron chi connectivity index (χ4n) is 2.55. The van der Waals surface area contributed by atoms with Crippen molar-refractivity contribution in [2.24, 2.45) is 5.73 Å². The third kappa shape index (κ3) is 3.52. The second-order valence-electron chi connectivity index (χ2n) is 4.95. The zero-order valence-corrected chi connectivity index (χ0v) is 13.7. The quantitative estimate of drug-likeness (QED) is 0.888. The van der Waals surface area contributed by atoms with E-state index in [1.54, 1.807) is 30.8 Å². The average Bonchev–Trinajstić information content (AvgIpc) is 2.49. The molecule has 118 valence electrons. The molecule has 0 spiro atoms. The van der Waals surface area contributed by atoms with Gasteiger partial charge in [0.15, 0.2) is 9.84 Å². The Morgan fingerprint density at radius 3 is 2.90 bits per heavy atom. The minimum absolute atomic E-state index is 0.0935. The normalized spacial score (nSPS) is 19.8. The predicted octanol–water partition coefficient (Wildman–Crippen LogP) is 1.64. The number of rotatable bonds is 5. The summed E-state index contributed by atoms with van der Waals surface area (Å²) in [5, 5.41) is -0.584. The van der Waals surface area contributed by atoms with Crippen molar-refractivity contribution >= 4 is 27.3 Å². The Kier molecular flexibility index (Phi) is 5.51. The summed E-state index contributed by atoms with van der Waals surface area (Å²) in [6.45, 7) is 2.59. The number of halogens is 1. The van der Waals surface area contributed by atoms with Gasteiger partial charge in [0.2, 0.25) is 0 Å². The van der Waals surface area contributed by atoms with Gasteiger partial charge in [0.1, 0.15) is 11.2 Å². The minimum atomic E-state index is -3.21. The minimum Gasteiger partial charge on any atom is -0.353 e. The van der Waals surface area contributed by atoms with Crippen LogP contribution >= 0.6 is 11.8 Å². The van der Waals surface area contributed by atoms with E-state index < -0.39 is 15.2 Å². The molecule has 2 N–H and O–H groups in total. The van der Waals surface area contributed by atoms with Gasteiger partial charge in [0.05, 0.1) is 0 Å². The molecular formula is C14H21FN2O2S2. The Labute approximate surface area is 129 Å². The lowest BCUT2D eigenvalue weighted by atomic mass is 10.1. The highest BCUT2D eigenvalue weighted by molar-refractivity contribution is 8.01. The Hall–Kier alpha value is -0.790. The molecule has 0 aromatic heterocycles. The fraction of sp³-hybridized carbons (Fsp3) is 0.571. The van der Waals surface area contributed by atoms with E-state index >= 15 is 0 Å². The second-order valence-corrected chi connectivity index (χ2v) is 8.55. The van der Waals surface area contributed by atoms with Crippen LogP contribution in [-0.2, 0) is 16.3 Å². The molecule has 0 amide bonds. The molecule has 7 heteroatoms. The van der Waals surface area contributed by atoms with Crippen LogP contribution in [0, 0.1) is 5.82 Å². The van der Waals surface area contributed by atoms with Crippen molar-refractivity contribution in [1.82, 2.24) is 0 Å². The van der Waals surface area contributed by atoms with E-state index in [0.717, 1.165) is 5.75 Å². The fourth-order valence-corrected chi connectivity index (χ4v) is 5.54. The predicted molar refractivity (Wildman–Crippen MR) is 87.1 cm³/mol. The van der Waals surface area contributed by atoms with Crippen LogP contribution in [-0.4, -0.2) is 44.1 Å². The first-order valence-electron chi connectivity index (χ1n) is 7.04. The molecule has 1 aliphatic rings. The van der Waals surface area contributed by atoms with Gasteiger partial charge in [0, 0.05) is 35.1 Å². The van der Waals surface area contributed by atoms with Gasteiger partial charge in [-0.2, -0.15) is 11.8 Å². The van der Waals surface area contributed by atoms with E-state index in [9.17, 15) is 12.8 Å². The first-order chi connectivity index (χ1) is 10.0. The number of benzene rings is 1. The maximum Gasteiger partial charge on any atom is 0.171 e. The number of hydrogen-bond donors (Lipinski definition) is 1. The first-order valence-corrected chi connectivity index (χ1v) is 9.91. The number of anilines is 1. The molecular weight excluding hydrogens is 311 g/mol. The van der Waals surface area contributed by atoms with Gasteiger partial charge < -0.3 is 10.6 Å². The molecule has 1 aromatic rings. The smallest absolute Gasteiger partial charge is 0.171 e. The molecule has 0 saturated carbocycles. The standard InChI is InChI=1S/C14H21FN2O2S2/c1-2-21(18,19)14-10-20-9-8-17(14)13-5-3-4-12(15)11(13)6-7-16/h3-5,14H,2,6-10,16H2,1H3. The van der Waals surface area contributed by atoms with Crippen molar-refractivity contribution in [3.63, 3.8) is 0 Å². The molecule has 0 aliphatic carbocycles. The van der Waals surface area contributed by atoms with E-state index in [4.69, 9.17) is 5.73 Å². The molecule has 1 saturated heterocycles. The van der Waals surface area contributed by atoms with Crippen LogP contribution in [0.3, 0.4) is 0 Å². The van der Waals surface area contributed by atoms with E-state index in [2.05, 4.69) is 0 Å². The Morgan fingerprint density at radius 1 is 1.48 bits per heavy atom. The average molecular weight is 332 g/mol. The van der Waals surface area contributed by atoms with Crippen molar-refractivity contribution in [3.8, 4) is 0 Å². The molecule has 0 bridgehead atoms. The summed E-state index contributed by atoms with van der Waals surface area (Å²) in [6.07, 6.45) is 0.407. The molecule has 1 aliphatic heterocycles. The van der Waals surface area contributed by atoms with Gasteiger partial charge in [-0.05, 0) is 25.1 Å². The van der Waals surface area contributed by atoms with Crippen LogP contribution in [0.1, 0.15) is 12.5 Å². The lowest BCUT2D eigenvalue weighted by Gasteiger charge is -2.37. The third-order valence-corrected chi connectivity index (χ3v) is 6.99. The van der Waals surface area contributed by atoms with Crippen molar-refractivity contribution in [1.29, 1.82) is 0 Å². The molecule has 2 rings (SSSR count). The SMILES string of the molecule is CCS(=O)(=O)C1CSCCN1c1cccc(F)c1CCN. The second kappa shape index (κ2) is 6.98. The van der Waals surface area contributed by atoms with Crippen molar-refractivity contribution in [3.05, 3.63) is 29.6 Å². The Morgan fingerprint density at radius 2 is 2.24 bits per heavy atom. The maximum absolute atomic E-state index is 14.1. The highest BCUT2D eigenvalue weighted by atomic mass is 32.2. The highest BCUT2D eigenvalue weighted by Crippen LogP contribution is 2.31. The number of hydrogen-bond acceptors (Lipinski definition) is 5. The zero-order chi connectivity index (χ0) is 15.5. The third-order valence-electron chi connectivity index (χ3n) is 3.70. The van der Waals surface area contributed by atoms with Crippen LogP contribution in [0.5, 0.6) is 0 Å². The van der Waals surface area contributed by atoms with Gasteiger partial charge in [0.25, 0.3) is 0 Å². The summed E-state index contributed by atoms with van der Waals surface area (Å²) in [7, 11) is -3.21. The summed E-state index contributed by atoms with van der Waals surface area (Å²) in [5.74, 6) is 1.14. The van der Waals surface area contributed by atoms with Crippen molar-refractivity contribution in [2.45, 2.75) is 18.7 Å². The van der Waals surface area contributed by atoms with E-state index in [1.165, 1.54) is 6.07 Å². The number of sulfone groups is 1. The van der Waals surface area contributed by atoms with E-state index in [-0.39, 0.29) is 11.6 Å². The van der Waals surface area contributed by atoms with Gasteiger partial charge in [-0.1, -0.05) is 13.0 Å². The Balaban J connectivity index is 2.45. The Bertz CT molecular complexity index is 593. The monoisotopic (exact) mass is 332 g/mol. The highest BCUT2D eigenvalue weighted by Gasteiger charge is 2.34. The van der Waals surface area contributed by atoms with Crippen molar-refractivity contribution < 1.29 is 12.8 Å². The topological polar surface area (TPSA) is 63.4 Å². The van der Waals surface area contributed by atoms with Crippen LogP contribution < -0.4 is 10.6 Å². The van der Waals surface area contributed by atoms with Crippen LogP contribution in [0.4, 0.5) is 10.1 Å². The largest absolute Gasteiger partial charge is 0.353 e. The lowest BCUT2D eigenvalue weighted by molar-refractivity contribution is 0.577. The summed E-state index contributed by atoms with van der Waals surface area (Å²) < 4.78 is 38.7. The van der Waals surface area contributed by atoms with Gasteiger partial charge >= 0.3 is 0 Å². The molecule has 1 fully saturated rings. The van der Waals surface area contributed by atoms with Gasteiger partial charge in [-0.3, -0.25) is 0 Å². The van der Waals surface area contributed by atoms with E-state index in [1.807, 2.05) is 4.90 Å². The summed E-state index contributed by atoms with van der Waals surface area (Å²) in [4.78, 5) is 1.84. The number of nitrogens with zero attached hydrogens (tertiary/aromatic N) is 1. The van der Waals surface area contributed by atoms with Gasteiger partial charge in [-0.25, -0.2) is 12.8 Å². The lowest BCUT2D eigenvalue weighted by Crippen LogP contribution is -2.48. The molecule has 1 unspecified atom stereocenters. The number of nitrogens with two attached hydrogens (primary N) is 1. The van der Waals surface area contributed by atoms with Gasteiger partial charge in [-0.15, -0.1) is 0 Å².